The molecule has 30 heavy (non-hydrogen) atoms. The summed E-state index contributed by atoms with van der Waals surface area (Å²) in [6.07, 6.45) is 5.14. The van der Waals surface area contributed by atoms with E-state index in [9.17, 15) is 4.79 Å². The quantitative estimate of drug-likeness (QED) is 0.786. The van der Waals surface area contributed by atoms with Crippen molar-refractivity contribution >= 4 is 17.5 Å². The molecule has 2 aromatic rings. The van der Waals surface area contributed by atoms with E-state index < -0.39 is 0 Å². The first-order chi connectivity index (χ1) is 14.6. The van der Waals surface area contributed by atoms with E-state index in [2.05, 4.69) is 37.2 Å². The minimum Gasteiger partial charge on any atom is -0.341 e. The number of anilines is 2. The lowest BCUT2D eigenvalue weighted by atomic mass is 9.93. The molecule has 6 heteroatoms. The molecule has 2 aliphatic rings. The number of carbonyl (C=O) groups is 1. The maximum Gasteiger partial charge on any atom is 0.225 e. The van der Waals surface area contributed by atoms with Gasteiger partial charge in [0.15, 0.2) is 0 Å². The number of benzene rings is 1. The third kappa shape index (κ3) is 5.36. The summed E-state index contributed by atoms with van der Waals surface area (Å²) in [5, 5.41) is 3.19. The minimum absolute atomic E-state index is 0.130. The molecule has 1 N–H and O–H groups in total. The lowest BCUT2D eigenvalue weighted by molar-refractivity contribution is -0.117. The first kappa shape index (κ1) is 20.8. The van der Waals surface area contributed by atoms with E-state index in [0.29, 0.717) is 12.3 Å². The second kappa shape index (κ2) is 9.56. The highest BCUT2D eigenvalue weighted by Crippen LogP contribution is 2.25. The van der Waals surface area contributed by atoms with Gasteiger partial charge >= 0.3 is 0 Å². The maximum atomic E-state index is 12.7. The Hall–Kier alpha value is -2.47. The third-order valence-corrected chi connectivity index (χ3v) is 6.23. The molecule has 0 spiro atoms. The van der Waals surface area contributed by atoms with E-state index in [4.69, 9.17) is 0 Å². The summed E-state index contributed by atoms with van der Waals surface area (Å²) in [5.41, 5.74) is 4.20. The van der Waals surface area contributed by atoms with Gasteiger partial charge in [0.1, 0.15) is 0 Å². The van der Waals surface area contributed by atoms with Gasteiger partial charge in [-0.3, -0.25) is 9.69 Å². The normalized spacial score (nSPS) is 18.0. The van der Waals surface area contributed by atoms with Crippen LogP contribution in [0.1, 0.15) is 49.1 Å². The van der Waals surface area contributed by atoms with E-state index in [0.717, 1.165) is 68.6 Å². The van der Waals surface area contributed by atoms with Gasteiger partial charge in [-0.05, 0) is 76.2 Å². The molecule has 1 aromatic carbocycles. The summed E-state index contributed by atoms with van der Waals surface area (Å²) in [5.74, 6) is 1.37. The van der Waals surface area contributed by atoms with Gasteiger partial charge in [0.05, 0.1) is 0 Å². The van der Waals surface area contributed by atoms with Crippen molar-refractivity contribution in [1.29, 1.82) is 0 Å². The highest BCUT2D eigenvalue weighted by molar-refractivity contribution is 5.91. The molecule has 2 fully saturated rings. The largest absolute Gasteiger partial charge is 0.341 e. The molecule has 0 unspecified atom stereocenters. The number of nitrogens with one attached hydrogen (secondary N) is 1. The molecule has 1 aromatic heterocycles. The van der Waals surface area contributed by atoms with E-state index in [1.807, 2.05) is 32.0 Å². The van der Waals surface area contributed by atoms with Crippen LogP contribution in [0.25, 0.3) is 0 Å². The molecule has 2 aliphatic heterocycles. The van der Waals surface area contributed by atoms with Crippen LogP contribution in [0, 0.1) is 19.8 Å². The molecular weight excluding hydrogens is 374 g/mol. The van der Waals surface area contributed by atoms with Gasteiger partial charge in [0.2, 0.25) is 11.9 Å². The number of hydrogen-bond donors (Lipinski definition) is 1. The lowest BCUT2D eigenvalue weighted by Gasteiger charge is -2.32. The van der Waals surface area contributed by atoms with Crippen LogP contribution in [0.2, 0.25) is 0 Å². The standard InChI is InChI=1S/C24H33N5O/c1-18-15-19(2)26-24(25-18)29-13-9-20(10-14-29)16-23(30)27-22-8-4-3-7-21(22)17-28-11-5-6-12-28/h3-4,7-8,15,20H,5-6,9-14,16-17H2,1-2H3,(H,27,30). The molecule has 0 saturated carbocycles. The fourth-order valence-corrected chi connectivity index (χ4v) is 4.61. The van der Waals surface area contributed by atoms with Gasteiger partial charge in [0, 0.05) is 43.1 Å². The molecule has 6 nitrogen and oxygen atoms in total. The Bertz CT molecular complexity index is 849. The zero-order valence-electron chi connectivity index (χ0n) is 18.2. The van der Waals surface area contributed by atoms with Crippen molar-refractivity contribution < 1.29 is 4.79 Å². The van der Waals surface area contributed by atoms with E-state index >= 15 is 0 Å². The van der Waals surface area contributed by atoms with Crippen molar-refractivity contribution in [3.05, 3.63) is 47.3 Å². The SMILES string of the molecule is Cc1cc(C)nc(N2CCC(CC(=O)Nc3ccccc3CN3CCCC3)CC2)n1. The molecular formula is C24H33N5O. The zero-order chi connectivity index (χ0) is 20.9. The van der Waals surface area contributed by atoms with Crippen molar-refractivity contribution in [1.82, 2.24) is 14.9 Å². The fraction of sp³-hybridized carbons (Fsp3) is 0.542. The number of carbonyl (C=O) groups excluding carboxylic acids is 1. The van der Waals surface area contributed by atoms with Crippen molar-refractivity contribution in [2.45, 2.75) is 52.5 Å². The van der Waals surface area contributed by atoms with Crippen LogP contribution in [0.5, 0.6) is 0 Å². The summed E-state index contributed by atoms with van der Waals surface area (Å²) in [7, 11) is 0. The van der Waals surface area contributed by atoms with Crippen LogP contribution in [0.4, 0.5) is 11.6 Å². The molecule has 4 rings (SSSR count). The average molecular weight is 408 g/mol. The lowest BCUT2D eigenvalue weighted by Crippen LogP contribution is -2.36. The first-order valence-electron chi connectivity index (χ1n) is 11.2. The Kier molecular flexibility index (Phi) is 6.62. The molecule has 0 radical (unpaired) electrons. The van der Waals surface area contributed by atoms with Gasteiger partial charge in [-0.15, -0.1) is 0 Å². The molecule has 1 amide bonds. The number of piperidine rings is 1. The monoisotopic (exact) mass is 407 g/mol. The van der Waals surface area contributed by atoms with Crippen molar-refractivity contribution in [3.63, 3.8) is 0 Å². The summed E-state index contributed by atoms with van der Waals surface area (Å²) in [4.78, 5) is 26.6. The van der Waals surface area contributed by atoms with Crippen LogP contribution in [0.3, 0.4) is 0 Å². The predicted molar refractivity (Wildman–Crippen MR) is 121 cm³/mol. The average Bonchev–Trinajstić information content (AvgIpc) is 3.22. The molecule has 0 aliphatic carbocycles. The Morgan fingerprint density at radius 2 is 1.70 bits per heavy atom. The molecule has 160 valence electrons. The Morgan fingerprint density at radius 1 is 1.03 bits per heavy atom. The summed E-state index contributed by atoms with van der Waals surface area (Å²) in [6.45, 7) is 9.08. The predicted octanol–water partition coefficient (Wildman–Crippen LogP) is 3.93. The second-order valence-corrected chi connectivity index (χ2v) is 8.77. The number of aryl methyl sites for hydroxylation is 2. The van der Waals surface area contributed by atoms with Crippen LogP contribution in [-0.4, -0.2) is 47.0 Å². The molecule has 0 atom stereocenters. The molecule has 3 heterocycles. The van der Waals surface area contributed by atoms with E-state index in [1.54, 1.807) is 0 Å². The van der Waals surface area contributed by atoms with Crippen LogP contribution < -0.4 is 10.2 Å². The van der Waals surface area contributed by atoms with Crippen LogP contribution >= 0.6 is 0 Å². The van der Waals surface area contributed by atoms with Gasteiger partial charge in [-0.25, -0.2) is 9.97 Å². The van der Waals surface area contributed by atoms with Crippen molar-refractivity contribution in [2.24, 2.45) is 5.92 Å². The highest BCUT2D eigenvalue weighted by atomic mass is 16.1. The minimum atomic E-state index is 0.130. The van der Waals surface area contributed by atoms with Gasteiger partial charge < -0.3 is 10.2 Å². The van der Waals surface area contributed by atoms with Crippen LogP contribution in [-0.2, 0) is 11.3 Å². The van der Waals surface area contributed by atoms with Crippen molar-refractivity contribution in [3.8, 4) is 0 Å². The zero-order valence-corrected chi connectivity index (χ0v) is 18.2. The first-order valence-corrected chi connectivity index (χ1v) is 11.2. The summed E-state index contributed by atoms with van der Waals surface area (Å²) >= 11 is 0. The highest BCUT2D eigenvalue weighted by Gasteiger charge is 2.24. The molecule has 2 saturated heterocycles. The third-order valence-electron chi connectivity index (χ3n) is 6.23. The number of amides is 1. The Balaban J connectivity index is 1.29. The van der Waals surface area contributed by atoms with E-state index in [-0.39, 0.29) is 5.91 Å². The van der Waals surface area contributed by atoms with Gasteiger partial charge in [0.25, 0.3) is 0 Å². The second-order valence-electron chi connectivity index (χ2n) is 8.77. The summed E-state index contributed by atoms with van der Waals surface area (Å²) in [6, 6.07) is 10.2. The maximum absolute atomic E-state index is 12.7. The number of rotatable bonds is 6. The van der Waals surface area contributed by atoms with Crippen LogP contribution in [0.15, 0.2) is 30.3 Å². The number of nitrogens with zero attached hydrogens (tertiary/aromatic N) is 4. The van der Waals surface area contributed by atoms with Gasteiger partial charge in [-0.2, -0.15) is 0 Å². The van der Waals surface area contributed by atoms with Gasteiger partial charge in [-0.1, -0.05) is 18.2 Å². The number of likely N-dealkylation sites (tertiary alicyclic amines) is 1. The fourth-order valence-electron chi connectivity index (χ4n) is 4.61. The summed E-state index contributed by atoms with van der Waals surface area (Å²) < 4.78 is 0. The topological polar surface area (TPSA) is 61.4 Å². The Labute approximate surface area is 179 Å². The Morgan fingerprint density at radius 3 is 2.40 bits per heavy atom. The number of para-hydroxylation sites is 1. The molecule has 0 bridgehead atoms. The van der Waals surface area contributed by atoms with E-state index in [1.165, 1.54) is 18.4 Å². The smallest absolute Gasteiger partial charge is 0.225 e. The number of hydrogen-bond acceptors (Lipinski definition) is 5. The number of aromatic nitrogens is 2. The van der Waals surface area contributed by atoms with Crippen molar-refractivity contribution in [2.75, 3.05) is 36.4 Å².